The Hall–Kier alpha value is -2.89. The summed E-state index contributed by atoms with van der Waals surface area (Å²) in [5.74, 6) is -0.128. The van der Waals surface area contributed by atoms with E-state index in [1.807, 2.05) is 55.6 Å². The van der Waals surface area contributed by atoms with Gasteiger partial charge < -0.3 is 10.2 Å². The molecule has 2 aromatic carbocycles. The number of amides is 1. The van der Waals surface area contributed by atoms with Crippen molar-refractivity contribution in [2.45, 2.75) is 13.5 Å². The molecule has 3 aromatic rings. The number of carbonyl (C=O) groups excluding carboxylic acids is 1. The minimum absolute atomic E-state index is 0.128. The van der Waals surface area contributed by atoms with E-state index in [1.165, 1.54) is 0 Å². The molecule has 0 aliphatic rings. The average Bonchev–Trinajstić information content (AvgIpc) is 2.97. The van der Waals surface area contributed by atoms with Crippen molar-refractivity contribution in [1.29, 1.82) is 0 Å². The zero-order valence-electron chi connectivity index (χ0n) is 13.2. The number of nitrogens with one attached hydrogen (secondary N) is 1. The number of nitrogens with zero attached hydrogens (tertiary/aromatic N) is 4. The zero-order chi connectivity index (χ0) is 16.2. The molecular weight excluding hydrogens is 290 g/mol. The molecule has 23 heavy (non-hydrogen) atoms. The van der Waals surface area contributed by atoms with Gasteiger partial charge in [-0.25, -0.2) is 4.68 Å². The fourth-order valence-electron chi connectivity index (χ4n) is 2.37. The van der Waals surface area contributed by atoms with Crippen molar-refractivity contribution in [3.05, 3.63) is 48.5 Å². The van der Waals surface area contributed by atoms with Gasteiger partial charge in [0.1, 0.15) is 12.1 Å². The van der Waals surface area contributed by atoms with Gasteiger partial charge in [0.15, 0.2) is 0 Å². The predicted octanol–water partition coefficient (Wildman–Crippen LogP) is 2.53. The summed E-state index contributed by atoms with van der Waals surface area (Å²) in [4.78, 5) is 14.4. The molecule has 1 heterocycles. The van der Waals surface area contributed by atoms with E-state index < -0.39 is 0 Å². The molecule has 0 saturated carbocycles. The van der Waals surface area contributed by atoms with Crippen LogP contribution in [0.5, 0.6) is 0 Å². The van der Waals surface area contributed by atoms with Crippen molar-refractivity contribution in [3.8, 4) is 0 Å². The maximum absolute atomic E-state index is 12.3. The first-order valence-electron chi connectivity index (χ1n) is 7.56. The van der Waals surface area contributed by atoms with Crippen LogP contribution in [0.15, 0.2) is 48.5 Å². The van der Waals surface area contributed by atoms with E-state index in [-0.39, 0.29) is 12.5 Å². The molecular formula is C17H19N5O. The van der Waals surface area contributed by atoms with Crippen molar-refractivity contribution in [3.63, 3.8) is 0 Å². The molecule has 3 rings (SSSR count). The maximum Gasteiger partial charge on any atom is 0.246 e. The van der Waals surface area contributed by atoms with Gasteiger partial charge in [0.25, 0.3) is 0 Å². The Labute approximate surface area is 134 Å². The van der Waals surface area contributed by atoms with Gasteiger partial charge in [-0.2, -0.15) is 0 Å². The van der Waals surface area contributed by atoms with E-state index in [0.717, 1.165) is 29.0 Å². The average molecular weight is 309 g/mol. The number of para-hydroxylation sites is 1. The highest BCUT2D eigenvalue weighted by molar-refractivity contribution is 5.91. The molecule has 0 bridgehead atoms. The molecule has 0 fully saturated rings. The molecule has 6 nitrogen and oxygen atoms in total. The molecule has 0 unspecified atom stereocenters. The van der Waals surface area contributed by atoms with Crippen LogP contribution >= 0.6 is 0 Å². The van der Waals surface area contributed by atoms with E-state index in [4.69, 9.17) is 0 Å². The van der Waals surface area contributed by atoms with Crippen molar-refractivity contribution in [2.75, 3.05) is 23.8 Å². The lowest BCUT2D eigenvalue weighted by Gasteiger charge is -2.17. The summed E-state index contributed by atoms with van der Waals surface area (Å²) in [6.07, 6.45) is 0. The highest BCUT2D eigenvalue weighted by atomic mass is 16.2. The normalized spacial score (nSPS) is 10.7. The summed E-state index contributed by atoms with van der Waals surface area (Å²) in [6, 6.07) is 15.4. The van der Waals surface area contributed by atoms with E-state index in [1.54, 1.807) is 4.68 Å². The number of aromatic nitrogens is 3. The Morgan fingerprint density at radius 1 is 1.22 bits per heavy atom. The van der Waals surface area contributed by atoms with Gasteiger partial charge >= 0.3 is 0 Å². The number of anilines is 2. The van der Waals surface area contributed by atoms with Gasteiger partial charge in [0.2, 0.25) is 5.91 Å². The summed E-state index contributed by atoms with van der Waals surface area (Å²) in [7, 11) is 2.02. The van der Waals surface area contributed by atoms with Crippen LogP contribution in [-0.4, -0.2) is 34.5 Å². The lowest BCUT2D eigenvalue weighted by Crippen LogP contribution is -2.20. The van der Waals surface area contributed by atoms with Crippen LogP contribution in [0.25, 0.3) is 11.0 Å². The summed E-state index contributed by atoms with van der Waals surface area (Å²) in [5.41, 5.74) is 3.47. The Bertz CT molecular complexity index is 826. The smallest absolute Gasteiger partial charge is 0.246 e. The summed E-state index contributed by atoms with van der Waals surface area (Å²) in [6.45, 7) is 3.12. The van der Waals surface area contributed by atoms with Crippen LogP contribution < -0.4 is 10.2 Å². The van der Waals surface area contributed by atoms with Gasteiger partial charge in [-0.15, -0.1) is 5.10 Å². The molecule has 0 saturated heterocycles. The monoisotopic (exact) mass is 309 g/mol. The third-order valence-corrected chi connectivity index (χ3v) is 3.76. The van der Waals surface area contributed by atoms with E-state index >= 15 is 0 Å². The second-order valence-corrected chi connectivity index (χ2v) is 5.35. The van der Waals surface area contributed by atoms with Crippen LogP contribution in [0, 0.1) is 0 Å². The Morgan fingerprint density at radius 3 is 2.87 bits per heavy atom. The van der Waals surface area contributed by atoms with Crippen molar-refractivity contribution in [1.82, 2.24) is 15.0 Å². The van der Waals surface area contributed by atoms with Gasteiger partial charge in [0, 0.05) is 25.0 Å². The molecule has 1 aromatic heterocycles. The van der Waals surface area contributed by atoms with Crippen LogP contribution in [0.3, 0.4) is 0 Å². The molecule has 0 spiro atoms. The number of hydrogen-bond acceptors (Lipinski definition) is 4. The number of fused-ring (bicyclic) bond motifs is 1. The third-order valence-electron chi connectivity index (χ3n) is 3.76. The van der Waals surface area contributed by atoms with Crippen LogP contribution in [0.4, 0.5) is 11.4 Å². The lowest BCUT2D eigenvalue weighted by atomic mass is 10.2. The zero-order valence-corrected chi connectivity index (χ0v) is 13.2. The number of benzene rings is 2. The summed E-state index contributed by atoms with van der Waals surface area (Å²) in [5, 5.41) is 11.0. The third kappa shape index (κ3) is 3.31. The molecule has 0 atom stereocenters. The van der Waals surface area contributed by atoms with Gasteiger partial charge in [0.05, 0.1) is 5.52 Å². The molecule has 1 N–H and O–H groups in total. The Balaban J connectivity index is 1.72. The summed E-state index contributed by atoms with van der Waals surface area (Å²) < 4.78 is 1.60. The van der Waals surface area contributed by atoms with Gasteiger partial charge in [-0.3, -0.25) is 4.79 Å². The van der Waals surface area contributed by atoms with E-state index in [0.29, 0.717) is 0 Å². The molecule has 118 valence electrons. The van der Waals surface area contributed by atoms with E-state index in [9.17, 15) is 4.79 Å². The SMILES string of the molecule is CCN(C)c1cccc(NC(=O)Cn2nnc3ccccc32)c1. The highest BCUT2D eigenvalue weighted by Crippen LogP contribution is 2.18. The topological polar surface area (TPSA) is 63.1 Å². The fourth-order valence-corrected chi connectivity index (χ4v) is 2.37. The first-order chi connectivity index (χ1) is 11.2. The molecule has 0 radical (unpaired) electrons. The lowest BCUT2D eigenvalue weighted by molar-refractivity contribution is -0.116. The fraction of sp³-hybridized carbons (Fsp3) is 0.235. The minimum Gasteiger partial charge on any atom is -0.375 e. The van der Waals surface area contributed by atoms with Crippen LogP contribution in [0.1, 0.15) is 6.92 Å². The van der Waals surface area contributed by atoms with Crippen molar-refractivity contribution < 1.29 is 4.79 Å². The molecule has 1 amide bonds. The molecule has 0 aliphatic carbocycles. The molecule has 0 aliphatic heterocycles. The van der Waals surface area contributed by atoms with Gasteiger partial charge in [-0.1, -0.05) is 23.4 Å². The number of carbonyl (C=O) groups is 1. The first-order valence-corrected chi connectivity index (χ1v) is 7.56. The quantitative estimate of drug-likeness (QED) is 0.786. The largest absolute Gasteiger partial charge is 0.375 e. The second kappa shape index (κ2) is 6.48. The van der Waals surface area contributed by atoms with Crippen molar-refractivity contribution in [2.24, 2.45) is 0 Å². The number of rotatable bonds is 5. The van der Waals surface area contributed by atoms with Gasteiger partial charge in [-0.05, 0) is 37.3 Å². The van der Waals surface area contributed by atoms with Crippen molar-refractivity contribution >= 4 is 28.3 Å². The molecule has 6 heteroatoms. The number of hydrogen-bond donors (Lipinski definition) is 1. The standard InChI is InChI=1S/C17H19N5O/c1-3-21(2)14-8-6-7-13(11-14)18-17(23)12-22-16-10-5-4-9-15(16)19-20-22/h4-11H,3,12H2,1-2H3,(H,18,23). The Kier molecular flexibility index (Phi) is 4.23. The minimum atomic E-state index is -0.128. The predicted molar refractivity (Wildman–Crippen MR) is 91.5 cm³/mol. The van der Waals surface area contributed by atoms with Crippen LogP contribution in [0.2, 0.25) is 0 Å². The van der Waals surface area contributed by atoms with E-state index in [2.05, 4.69) is 27.5 Å². The summed E-state index contributed by atoms with van der Waals surface area (Å²) >= 11 is 0. The highest BCUT2D eigenvalue weighted by Gasteiger charge is 2.09. The Morgan fingerprint density at radius 2 is 2.04 bits per heavy atom. The second-order valence-electron chi connectivity index (χ2n) is 5.35. The first kappa shape index (κ1) is 15.0. The van der Waals surface area contributed by atoms with Crippen LogP contribution in [-0.2, 0) is 11.3 Å². The maximum atomic E-state index is 12.3.